The third kappa shape index (κ3) is 3.42. The van der Waals surface area contributed by atoms with Gasteiger partial charge in [-0.05, 0) is 61.1 Å². The summed E-state index contributed by atoms with van der Waals surface area (Å²) >= 11 is 0. The molecule has 0 N–H and O–H groups in total. The zero-order valence-corrected chi connectivity index (χ0v) is 17.0. The number of fused-ring (bicyclic) bond motifs is 2. The highest BCUT2D eigenvalue weighted by Crippen LogP contribution is 2.39. The van der Waals surface area contributed by atoms with E-state index in [4.69, 9.17) is 0 Å². The van der Waals surface area contributed by atoms with Crippen LogP contribution >= 0.6 is 0 Å². The van der Waals surface area contributed by atoms with E-state index < -0.39 is 0 Å². The van der Waals surface area contributed by atoms with Crippen molar-refractivity contribution < 1.29 is 0 Å². The highest BCUT2D eigenvalue weighted by molar-refractivity contribution is 5.73. The van der Waals surface area contributed by atoms with Crippen LogP contribution in [0.25, 0.3) is 17.8 Å². The second-order valence-electron chi connectivity index (χ2n) is 8.11. The summed E-state index contributed by atoms with van der Waals surface area (Å²) in [7, 11) is 0. The second-order valence-corrected chi connectivity index (χ2v) is 8.11. The molecule has 0 amide bonds. The van der Waals surface area contributed by atoms with Gasteiger partial charge in [0.1, 0.15) is 0 Å². The molecule has 5 rings (SSSR count). The van der Waals surface area contributed by atoms with Gasteiger partial charge in [0.05, 0.1) is 6.04 Å². The molecule has 0 aliphatic heterocycles. The molecule has 1 nitrogen and oxygen atoms in total. The smallest absolute Gasteiger partial charge is 0.0597 e. The Morgan fingerprint density at radius 1 is 0.828 bits per heavy atom. The van der Waals surface area contributed by atoms with Crippen LogP contribution in [0.5, 0.6) is 0 Å². The second kappa shape index (κ2) is 7.75. The van der Waals surface area contributed by atoms with Gasteiger partial charge in [-0.1, -0.05) is 84.5 Å². The quantitative estimate of drug-likeness (QED) is 0.563. The van der Waals surface area contributed by atoms with E-state index in [0.717, 1.165) is 25.7 Å². The number of anilines is 1. The number of benzene rings is 3. The summed E-state index contributed by atoms with van der Waals surface area (Å²) in [4.78, 5) is 2.64. The molecule has 0 saturated heterocycles. The lowest BCUT2D eigenvalue weighted by Gasteiger charge is -2.37. The first-order chi connectivity index (χ1) is 14.3. The zero-order valence-electron chi connectivity index (χ0n) is 17.0. The summed E-state index contributed by atoms with van der Waals surface area (Å²) in [6.45, 7) is 2.16. The lowest BCUT2D eigenvalue weighted by Crippen LogP contribution is -2.38. The summed E-state index contributed by atoms with van der Waals surface area (Å²) in [5.74, 6) is 0. The van der Waals surface area contributed by atoms with Gasteiger partial charge in [-0.25, -0.2) is 0 Å². The largest absolute Gasteiger partial charge is 0.337 e. The van der Waals surface area contributed by atoms with Gasteiger partial charge < -0.3 is 4.90 Å². The molecule has 1 atom stereocenters. The predicted molar refractivity (Wildman–Crippen MR) is 124 cm³/mol. The maximum absolute atomic E-state index is 2.64. The minimum atomic E-state index is 0.338. The van der Waals surface area contributed by atoms with Gasteiger partial charge >= 0.3 is 0 Å². The topological polar surface area (TPSA) is 3.24 Å². The van der Waals surface area contributed by atoms with E-state index in [-0.39, 0.29) is 0 Å². The SMILES string of the molecule is Cc1ccc(N(C2=c3ccccc3=CCC2)C2CCC=Cc3ccccc32)cc1. The fourth-order valence-electron chi connectivity index (χ4n) is 4.77. The van der Waals surface area contributed by atoms with Gasteiger partial charge in [-0.2, -0.15) is 0 Å². The first-order valence-corrected chi connectivity index (χ1v) is 10.7. The summed E-state index contributed by atoms with van der Waals surface area (Å²) in [5.41, 5.74) is 6.83. The van der Waals surface area contributed by atoms with Gasteiger partial charge in [0.2, 0.25) is 0 Å². The van der Waals surface area contributed by atoms with Crippen LogP contribution in [0.2, 0.25) is 0 Å². The molecule has 2 aliphatic carbocycles. The molecule has 3 aromatic rings. The van der Waals surface area contributed by atoms with E-state index in [1.54, 1.807) is 0 Å². The molecular weight excluding hydrogens is 350 g/mol. The Morgan fingerprint density at radius 3 is 2.52 bits per heavy atom. The van der Waals surface area contributed by atoms with Crippen LogP contribution in [0, 0.1) is 6.92 Å². The Balaban J connectivity index is 1.76. The molecule has 1 heteroatoms. The molecule has 0 aromatic heterocycles. The van der Waals surface area contributed by atoms with Gasteiger partial charge in [-0.15, -0.1) is 0 Å². The molecule has 0 fully saturated rings. The Hall–Kier alpha value is -3.06. The van der Waals surface area contributed by atoms with Crippen LogP contribution in [0.1, 0.15) is 48.4 Å². The number of hydrogen-bond acceptors (Lipinski definition) is 1. The molecule has 1 unspecified atom stereocenters. The molecular formula is C28H27N. The molecule has 2 aliphatic rings. The molecule has 0 bridgehead atoms. The highest BCUT2D eigenvalue weighted by atomic mass is 15.2. The van der Waals surface area contributed by atoms with Crippen LogP contribution in [-0.4, -0.2) is 0 Å². The van der Waals surface area contributed by atoms with Crippen molar-refractivity contribution in [2.75, 3.05) is 4.90 Å². The predicted octanol–water partition coefficient (Wildman–Crippen LogP) is 5.73. The lowest BCUT2D eigenvalue weighted by molar-refractivity contribution is 0.637. The first kappa shape index (κ1) is 18.0. The number of allylic oxidation sites excluding steroid dienone is 1. The van der Waals surface area contributed by atoms with E-state index >= 15 is 0 Å². The number of rotatable bonds is 3. The third-order valence-electron chi connectivity index (χ3n) is 6.19. The van der Waals surface area contributed by atoms with Crippen LogP contribution in [-0.2, 0) is 0 Å². The Bertz CT molecular complexity index is 1170. The molecule has 0 heterocycles. The molecule has 3 aromatic carbocycles. The summed E-state index contributed by atoms with van der Waals surface area (Å²) in [6, 6.07) is 27.2. The maximum Gasteiger partial charge on any atom is 0.0597 e. The van der Waals surface area contributed by atoms with Crippen molar-refractivity contribution in [1.82, 2.24) is 0 Å². The molecule has 29 heavy (non-hydrogen) atoms. The van der Waals surface area contributed by atoms with Crippen molar-refractivity contribution in [3.63, 3.8) is 0 Å². The lowest BCUT2D eigenvalue weighted by atomic mass is 9.94. The standard InChI is InChI=1S/C28H27N/c1-21-17-19-24(20-18-21)29(28-16-8-12-23-10-3-6-14-26(23)28)27-15-7-4-11-22-9-2-5-13-25(22)27/h2-6,9-14,17-20,27H,7-8,15-16H2,1H3. The van der Waals surface area contributed by atoms with Crippen LogP contribution in [0.15, 0.2) is 78.9 Å². The van der Waals surface area contributed by atoms with Crippen molar-refractivity contribution in [3.8, 4) is 0 Å². The number of aryl methyl sites for hydroxylation is 1. The first-order valence-electron chi connectivity index (χ1n) is 10.7. The van der Waals surface area contributed by atoms with E-state index in [9.17, 15) is 0 Å². The van der Waals surface area contributed by atoms with Crippen molar-refractivity contribution in [2.24, 2.45) is 0 Å². The van der Waals surface area contributed by atoms with Crippen molar-refractivity contribution in [1.29, 1.82) is 0 Å². The van der Waals surface area contributed by atoms with Crippen LogP contribution in [0.4, 0.5) is 5.69 Å². The normalized spacial score (nSPS) is 17.7. The molecule has 0 saturated carbocycles. The number of nitrogens with zero attached hydrogens (tertiary/aromatic N) is 1. The Morgan fingerprint density at radius 2 is 1.62 bits per heavy atom. The van der Waals surface area contributed by atoms with E-state index in [0.29, 0.717) is 6.04 Å². The van der Waals surface area contributed by atoms with Gasteiger partial charge in [-0.3, -0.25) is 0 Å². The highest BCUT2D eigenvalue weighted by Gasteiger charge is 2.27. The summed E-state index contributed by atoms with van der Waals surface area (Å²) in [5, 5.41) is 2.75. The summed E-state index contributed by atoms with van der Waals surface area (Å²) in [6.07, 6.45) is 11.4. The average molecular weight is 378 g/mol. The van der Waals surface area contributed by atoms with Crippen LogP contribution in [0.3, 0.4) is 0 Å². The van der Waals surface area contributed by atoms with Crippen molar-refractivity contribution in [2.45, 2.75) is 38.6 Å². The third-order valence-corrected chi connectivity index (χ3v) is 6.19. The maximum atomic E-state index is 2.64. The minimum Gasteiger partial charge on any atom is -0.337 e. The zero-order chi connectivity index (χ0) is 19.6. The fourth-order valence-corrected chi connectivity index (χ4v) is 4.77. The van der Waals surface area contributed by atoms with E-state index in [1.165, 1.54) is 38.5 Å². The minimum absolute atomic E-state index is 0.338. The Labute approximate surface area is 173 Å². The van der Waals surface area contributed by atoms with Gasteiger partial charge in [0.15, 0.2) is 0 Å². The van der Waals surface area contributed by atoms with E-state index in [1.807, 2.05) is 0 Å². The molecule has 144 valence electrons. The van der Waals surface area contributed by atoms with Gasteiger partial charge in [0, 0.05) is 16.6 Å². The average Bonchev–Trinajstić information content (AvgIpc) is 2.98. The van der Waals surface area contributed by atoms with Gasteiger partial charge in [0.25, 0.3) is 0 Å². The van der Waals surface area contributed by atoms with Crippen molar-refractivity contribution >= 4 is 23.5 Å². The van der Waals surface area contributed by atoms with Crippen molar-refractivity contribution in [3.05, 3.63) is 106 Å². The van der Waals surface area contributed by atoms with Crippen LogP contribution < -0.4 is 15.3 Å². The van der Waals surface area contributed by atoms with E-state index in [2.05, 4.69) is 103 Å². The molecule has 0 radical (unpaired) electrons. The Kier molecular flexibility index (Phi) is 4.81. The monoisotopic (exact) mass is 377 g/mol. The summed E-state index contributed by atoms with van der Waals surface area (Å²) < 4.78 is 0. The fraction of sp³-hybridized carbons (Fsp3) is 0.214. The number of hydrogen-bond donors (Lipinski definition) is 0. The molecule has 0 spiro atoms.